The van der Waals surface area contributed by atoms with Gasteiger partial charge in [0.2, 0.25) is 0 Å². The van der Waals surface area contributed by atoms with Gasteiger partial charge in [-0.3, -0.25) is 14.9 Å². The zero-order valence-corrected chi connectivity index (χ0v) is 12.8. The van der Waals surface area contributed by atoms with Crippen LogP contribution in [0, 0.1) is 17.0 Å². The van der Waals surface area contributed by atoms with Crippen LogP contribution in [0.3, 0.4) is 0 Å². The third-order valence-corrected chi connectivity index (χ3v) is 4.00. The van der Waals surface area contributed by atoms with Gasteiger partial charge in [0.15, 0.2) is 0 Å². The van der Waals surface area contributed by atoms with E-state index in [2.05, 4.69) is 5.32 Å². The van der Waals surface area contributed by atoms with Crippen molar-refractivity contribution < 1.29 is 14.8 Å². The first-order valence-corrected chi connectivity index (χ1v) is 7.66. The topological polar surface area (TPSA) is 92.5 Å². The predicted molar refractivity (Wildman–Crippen MR) is 84.1 cm³/mol. The standard InChI is InChI=1S/C15H16N2O4S/c1-10-2-3-11(8-13(10)17(20)21)15(19)16-6-4-14(18)12-5-7-22-9-12/h2-3,5,7-9,14,18H,4,6H2,1H3,(H,16,19). The molecule has 1 aromatic carbocycles. The third kappa shape index (κ3) is 3.90. The van der Waals surface area contributed by atoms with Crippen LogP contribution in [0.5, 0.6) is 0 Å². The SMILES string of the molecule is Cc1ccc(C(=O)NCCC(O)c2ccsc2)cc1[N+](=O)[O-]. The van der Waals surface area contributed by atoms with E-state index in [9.17, 15) is 20.0 Å². The van der Waals surface area contributed by atoms with E-state index in [1.807, 2.05) is 16.8 Å². The zero-order valence-electron chi connectivity index (χ0n) is 12.0. The second-order valence-electron chi connectivity index (χ2n) is 4.88. The summed E-state index contributed by atoms with van der Waals surface area (Å²) in [6.45, 7) is 1.91. The first-order valence-electron chi connectivity index (χ1n) is 6.72. The number of hydrogen-bond donors (Lipinski definition) is 2. The summed E-state index contributed by atoms with van der Waals surface area (Å²) in [5.74, 6) is -0.388. The molecule has 0 fully saturated rings. The van der Waals surface area contributed by atoms with Gasteiger partial charge < -0.3 is 10.4 Å². The number of benzene rings is 1. The molecule has 0 saturated carbocycles. The lowest BCUT2D eigenvalue weighted by Crippen LogP contribution is -2.25. The molecule has 1 atom stereocenters. The molecule has 0 aliphatic carbocycles. The molecular weight excluding hydrogens is 304 g/mol. The Hall–Kier alpha value is -2.25. The Kier molecular flexibility index (Phi) is 5.24. The first kappa shape index (κ1) is 16.1. The molecule has 1 heterocycles. The van der Waals surface area contributed by atoms with E-state index >= 15 is 0 Å². The van der Waals surface area contributed by atoms with Gasteiger partial charge in [-0.25, -0.2) is 0 Å². The molecule has 0 aliphatic rings. The number of aryl methyl sites for hydroxylation is 1. The lowest BCUT2D eigenvalue weighted by Gasteiger charge is -2.10. The van der Waals surface area contributed by atoms with Crippen molar-refractivity contribution in [2.75, 3.05) is 6.54 Å². The van der Waals surface area contributed by atoms with Gasteiger partial charge in [-0.15, -0.1) is 0 Å². The smallest absolute Gasteiger partial charge is 0.273 e. The highest BCUT2D eigenvalue weighted by Crippen LogP contribution is 2.20. The molecule has 0 aliphatic heterocycles. The van der Waals surface area contributed by atoms with Gasteiger partial charge >= 0.3 is 0 Å². The van der Waals surface area contributed by atoms with Crippen molar-refractivity contribution in [3.63, 3.8) is 0 Å². The monoisotopic (exact) mass is 320 g/mol. The molecule has 2 aromatic rings. The number of thiophene rings is 1. The Labute approximate surface area is 131 Å². The highest BCUT2D eigenvalue weighted by molar-refractivity contribution is 7.07. The molecule has 0 bridgehead atoms. The molecule has 2 rings (SSSR count). The van der Waals surface area contributed by atoms with Gasteiger partial charge in [0.1, 0.15) is 0 Å². The molecule has 7 heteroatoms. The Bertz CT molecular complexity index is 670. The molecular formula is C15H16N2O4S. The van der Waals surface area contributed by atoms with Crippen molar-refractivity contribution in [3.05, 3.63) is 61.8 Å². The maximum atomic E-state index is 12.0. The molecule has 6 nitrogen and oxygen atoms in total. The van der Waals surface area contributed by atoms with Gasteiger partial charge in [0.25, 0.3) is 11.6 Å². The number of amides is 1. The van der Waals surface area contributed by atoms with Gasteiger partial charge in [-0.1, -0.05) is 6.07 Å². The van der Waals surface area contributed by atoms with Crippen LogP contribution in [-0.4, -0.2) is 22.5 Å². The summed E-state index contributed by atoms with van der Waals surface area (Å²) < 4.78 is 0. The summed E-state index contributed by atoms with van der Waals surface area (Å²) in [5, 5.41) is 27.2. The molecule has 0 saturated heterocycles. The number of rotatable bonds is 6. The molecule has 1 unspecified atom stereocenters. The van der Waals surface area contributed by atoms with E-state index in [-0.39, 0.29) is 23.7 Å². The Morgan fingerprint density at radius 1 is 1.45 bits per heavy atom. The first-order chi connectivity index (χ1) is 10.5. The number of aliphatic hydroxyl groups excluding tert-OH is 1. The van der Waals surface area contributed by atoms with E-state index in [1.54, 1.807) is 19.1 Å². The minimum atomic E-state index is -0.626. The van der Waals surface area contributed by atoms with E-state index < -0.39 is 11.0 Å². The number of aliphatic hydroxyl groups is 1. The van der Waals surface area contributed by atoms with Crippen LogP contribution >= 0.6 is 11.3 Å². The fourth-order valence-electron chi connectivity index (χ4n) is 2.00. The number of carbonyl (C=O) groups is 1. The second-order valence-corrected chi connectivity index (χ2v) is 5.66. The number of nitro groups is 1. The van der Waals surface area contributed by atoms with Crippen LogP contribution in [0.1, 0.15) is 34.0 Å². The van der Waals surface area contributed by atoms with Crippen LogP contribution in [0.25, 0.3) is 0 Å². The zero-order chi connectivity index (χ0) is 16.1. The summed E-state index contributed by atoms with van der Waals surface area (Å²) >= 11 is 1.50. The predicted octanol–water partition coefficient (Wildman–Crippen LogP) is 2.82. The summed E-state index contributed by atoms with van der Waals surface area (Å²) in [5.41, 5.74) is 1.49. The largest absolute Gasteiger partial charge is 0.388 e. The van der Waals surface area contributed by atoms with Gasteiger partial charge in [-0.05, 0) is 41.8 Å². The quantitative estimate of drug-likeness (QED) is 0.632. The van der Waals surface area contributed by atoms with Gasteiger partial charge in [-0.2, -0.15) is 11.3 Å². The number of nitrogens with one attached hydrogen (secondary N) is 1. The molecule has 1 amide bonds. The fraction of sp³-hybridized carbons (Fsp3) is 0.267. The van der Waals surface area contributed by atoms with Gasteiger partial charge in [0.05, 0.1) is 11.0 Å². The maximum absolute atomic E-state index is 12.0. The summed E-state index contributed by atoms with van der Waals surface area (Å²) in [6.07, 6.45) is -0.241. The number of nitro benzene ring substituents is 1. The fourth-order valence-corrected chi connectivity index (χ4v) is 2.71. The number of carbonyl (C=O) groups excluding carboxylic acids is 1. The van der Waals surface area contributed by atoms with Crippen molar-refractivity contribution in [2.45, 2.75) is 19.4 Å². The van der Waals surface area contributed by atoms with Crippen LogP contribution in [0.4, 0.5) is 5.69 Å². The van der Waals surface area contributed by atoms with E-state index in [4.69, 9.17) is 0 Å². The molecule has 0 radical (unpaired) electrons. The van der Waals surface area contributed by atoms with Crippen molar-refractivity contribution in [2.24, 2.45) is 0 Å². The minimum Gasteiger partial charge on any atom is -0.388 e. The third-order valence-electron chi connectivity index (χ3n) is 3.30. The second kappa shape index (κ2) is 7.15. The number of nitrogens with zero attached hydrogens (tertiary/aromatic N) is 1. The van der Waals surface area contributed by atoms with Crippen molar-refractivity contribution in [1.29, 1.82) is 0 Å². The van der Waals surface area contributed by atoms with Crippen LogP contribution in [0.15, 0.2) is 35.0 Å². The highest BCUT2D eigenvalue weighted by atomic mass is 32.1. The minimum absolute atomic E-state index is 0.0778. The molecule has 116 valence electrons. The Morgan fingerprint density at radius 3 is 2.86 bits per heavy atom. The van der Waals surface area contributed by atoms with Crippen molar-refractivity contribution in [3.8, 4) is 0 Å². The summed E-state index contributed by atoms with van der Waals surface area (Å²) in [7, 11) is 0. The molecule has 0 spiro atoms. The highest BCUT2D eigenvalue weighted by Gasteiger charge is 2.15. The van der Waals surface area contributed by atoms with Crippen LogP contribution in [0.2, 0.25) is 0 Å². The van der Waals surface area contributed by atoms with E-state index in [1.165, 1.54) is 17.4 Å². The van der Waals surface area contributed by atoms with Crippen LogP contribution < -0.4 is 5.32 Å². The van der Waals surface area contributed by atoms with Crippen molar-refractivity contribution in [1.82, 2.24) is 5.32 Å². The average Bonchev–Trinajstić information content (AvgIpc) is 3.01. The lowest BCUT2D eigenvalue weighted by molar-refractivity contribution is -0.385. The van der Waals surface area contributed by atoms with Crippen LogP contribution in [-0.2, 0) is 0 Å². The normalized spacial score (nSPS) is 11.9. The lowest BCUT2D eigenvalue weighted by atomic mass is 10.1. The Morgan fingerprint density at radius 2 is 2.23 bits per heavy atom. The van der Waals surface area contributed by atoms with Gasteiger partial charge in [0, 0.05) is 23.7 Å². The number of hydrogen-bond acceptors (Lipinski definition) is 5. The molecule has 22 heavy (non-hydrogen) atoms. The summed E-state index contributed by atoms with van der Waals surface area (Å²) in [4.78, 5) is 22.4. The molecule has 2 N–H and O–H groups in total. The van der Waals surface area contributed by atoms with Crippen molar-refractivity contribution >= 4 is 22.9 Å². The van der Waals surface area contributed by atoms with E-state index in [0.717, 1.165) is 5.56 Å². The summed E-state index contributed by atoms with van der Waals surface area (Å²) in [6, 6.07) is 6.20. The average molecular weight is 320 g/mol. The van der Waals surface area contributed by atoms with E-state index in [0.29, 0.717) is 12.0 Å². The maximum Gasteiger partial charge on any atom is 0.273 e. The molecule has 1 aromatic heterocycles. The Balaban J connectivity index is 1.92.